The average molecular weight is 293 g/mol. The van der Waals surface area contributed by atoms with E-state index in [1.165, 1.54) is 19.1 Å². The van der Waals surface area contributed by atoms with Gasteiger partial charge in [-0.15, -0.1) is 0 Å². The van der Waals surface area contributed by atoms with Crippen molar-refractivity contribution in [1.82, 2.24) is 10.3 Å². The van der Waals surface area contributed by atoms with E-state index < -0.39 is 11.7 Å². The molecule has 0 aliphatic carbocycles. The summed E-state index contributed by atoms with van der Waals surface area (Å²) in [7, 11) is 0. The topological polar surface area (TPSA) is 97.4 Å². The zero-order chi connectivity index (χ0) is 16.0. The van der Waals surface area contributed by atoms with E-state index in [1.54, 1.807) is 20.8 Å². The minimum Gasteiger partial charge on any atom is -0.444 e. The average Bonchev–Trinajstić information content (AvgIpc) is 2.33. The van der Waals surface area contributed by atoms with Crippen molar-refractivity contribution in [2.45, 2.75) is 39.8 Å². The third-order valence-corrected chi connectivity index (χ3v) is 2.15. The van der Waals surface area contributed by atoms with Crippen molar-refractivity contribution in [3.8, 4) is 0 Å². The molecule has 0 fully saturated rings. The van der Waals surface area contributed by atoms with Crippen LogP contribution in [0.1, 0.15) is 43.7 Å². The van der Waals surface area contributed by atoms with Crippen LogP contribution in [0.4, 0.5) is 10.6 Å². The summed E-state index contributed by atoms with van der Waals surface area (Å²) >= 11 is 0. The van der Waals surface area contributed by atoms with Gasteiger partial charge in [-0.3, -0.25) is 9.59 Å². The molecule has 1 aromatic rings. The fourth-order valence-electron chi connectivity index (χ4n) is 1.49. The van der Waals surface area contributed by atoms with Gasteiger partial charge >= 0.3 is 6.09 Å². The van der Waals surface area contributed by atoms with Gasteiger partial charge in [-0.2, -0.15) is 0 Å². The number of hydrogen-bond donors (Lipinski definition) is 2. The number of hydrogen-bond acceptors (Lipinski definition) is 5. The van der Waals surface area contributed by atoms with Gasteiger partial charge in [-0.25, -0.2) is 9.78 Å². The van der Waals surface area contributed by atoms with Crippen LogP contribution >= 0.6 is 0 Å². The number of alkyl carbamates (subject to hydrolysis) is 1. The van der Waals surface area contributed by atoms with Crippen LogP contribution in [0.15, 0.2) is 12.1 Å². The second-order valence-corrected chi connectivity index (χ2v) is 5.43. The molecule has 0 aliphatic rings. The van der Waals surface area contributed by atoms with Crippen molar-refractivity contribution in [3.05, 3.63) is 23.4 Å². The lowest BCUT2D eigenvalue weighted by atomic mass is 10.2. The quantitative estimate of drug-likeness (QED) is 0.826. The fraction of sp³-hybridized carbons (Fsp3) is 0.429. The lowest BCUT2D eigenvalue weighted by Gasteiger charge is -2.19. The molecule has 1 aromatic heterocycles. The summed E-state index contributed by atoms with van der Waals surface area (Å²) in [6.45, 7) is 6.70. The summed E-state index contributed by atoms with van der Waals surface area (Å²) in [5, 5.41) is 5.03. The predicted molar refractivity (Wildman–Crippen MR) is 77.0 cm³/mol. The van der Waals surface area contributed by atoms with Crippen LogP contribution in [0.2, 0.25) is 0 Å². The van der Waals surface area contributed by atoms with E-state index in [9.17, 15) is 14.4 Å². The maximum atomic E-state index is 11.5. The highest BCUT2D eigenvalue weighted by Crippen LogP contribution is 2.10. The van der Waals surface area contributed by atoms with Crippen molar-refractivity contribution in [2.75, 3.05) is 5.32 Å². The van der Waals surface area contributed by atoms with Crippen LogP contribution in [0.5, 0.6) is 0 Å². The highest BCUT2D eigenvalue weighted by molar-refractivity contribution is 5.88. The zero-order valence-electron chi connectivity index (χ0n) is 12.5. The van der Waals surface area contributed by atoms with E-state index in [4.69, 9.17) is 4.74 Å². The third kappa shape index (κ3) is 6.51. The Hall–Kier alpha value is -2.44. The number of rotatable bonds is 4. The minimum absolute atomic E-state index is 0.0865. The molecule has 0 aromatic carbocycles. The molecular formula is C14H19N3O4. The van der Waals surface area contributed by atoms with Gasteiger partial charge in [0.2, 0.25) is 5.91 Å². The summed E-state index contributed by atoms with van der Waals surface area (Å²) in [5.74, 6) is -0.0373. The second-order valence-electron chi connectivity index (χ2n) is 5.43. The SMILES string of the molecule is CC(=O)Nc1cc(C=O)cc(CNC(=O)OC(C)(C)C)n1. The van der Waals surface area contributed by atoms with E-state index in [0.717, 1.165) is 0 Å². The zero-order valence-corrected chi connectivity index (χ0v) is 12.5. The minimum atomic E-state index is -0.594. The normalized spacial score (nSPS) is 10.7. The van der Waals surface area contributed by atoms with E-state index in [1.807, 2.05) is 0 Å². The molecule has 0 aliphatic heterocycles. The Bertz CT molecular complexity index is 550. The molecule has 0 saturated heterocycles. The number of nitrogens with zero attached hydrogens (tertiary/aromatic N) is 1. The Morgan fingerprint density at radius 2 is 2.00 bits per heavy atom. The van der Waals surface area contributed by atoms with Gasteiger partial charge < -0.3 is 15.4 Å². The monoisotopic (exact) mass is 293 g/mol. The standard InChI is InChI=1S/C14H19N3O4/c1-9(19)16-12-6-10(8-18)5-11(17-12)7-15-13(20)21-14(2,3)4/h5-6,8H,7H2,1-4H3,(H,15,20)(H,16,17,19). The molecule has 0 unspecified atom stereocenters. The first-order valence-electron chi connectivity index (χ1n) is 6.40. The van der Waals surface area contributed by atoms with Crippen molar-refractivity contribution in [1.29, 1.82) is 0 Å². The van der Waals surface area contributed by atoms with Crippen LogP contribution in [0.25, 0.3) is 0 Å². The van der Waals surface area contributed by atoms with Gasteiger partial charge in [0.25, 0.3) is 0 Å². The number of ether oxygens (including phenoxy) is 1. The summed E-state index contributed by atoms with van der Waals surface area (Å²) in [6.07, 6.45) is 0.0612. The first-order chi connectivity index (χ1) is 9.69. The first kappa shape index (κ1) is 16.6. The summed E-state index contributed by atoms with van der Waals surface area (Å²) in [4.78, 5) is 37.6. The van der Waals surface area contributed by atoms with E-state index in [-0.39, 0.29) is 18.3 Å². The first-order valence-corrected chi connectivity index (χ1v) is 6.40. The molecular weight excluding hydrogens is 274 g/mol. The molecule has 2 amide bonds. The molecule has 0 saturated carbocycles. The van der Waals surface area contributed by atoms with Crippen LogP contribution < -0.4 is 10.6 Å². The number of anilines is 1. The van der Waals surface area contributed by atoms with Crippen molar-refractivity contribution in [2.24, 2.45) is 0 Å². The maximum Gasteiger partial charge on any atom is 0.407 e. The number of carbonyl (C=O) groups excluding carboxylic acids is 3. The van der Waals surface area contributed by atoms with Crippen LogP contribution in [-0.4, -0.2) is 28.9 Å². The molecule has 2 N–H and O–H groups in total. The molecule has 0 atom stereocenters. The number of nitrogens with one attached hydrogen (secondary N) is 2. The van der Waals surface area contributed by atoms with E-state index in [0.29, 0.717) is 17.5 Å². The molecule has 7 heteroatoms. The molecule has 0 radical (unpaired) electrons. The van der Waals surface area contributed by atoms with Gasteiger partial charge in [-0.05, 0) is 32.9 Å². The van der Waals surface area contributed by atoms with E-state index >= 15 is 0 Å². The van der Waals surface area contributed by atoms with Gasteiger partial charge in [0, 0.05) is 12.5 Å². The molecule has 7 nitrogen and oxygen atoms in total. The molecule has 114 valence electrons. The highest BCUT2D eigenvalue weighted by atomic mass is 16.6. The number of aldehydes is 1. The number of pyridine rings is 1. The Balaban J connectivity index is 2.76. The molecule has 1 rings (SSSR count). The van der Waals surface area contributed by atoms with Gasteiger partial charge in [0.05, 0.1) is 12.2 Å². The van der Waals surface area contributed by atoms with Crippen LogP contribution in [0, 0.1) is 0 Å². The Kier molecular flexibility index (Phi) is 5.40. The lowest BCUT2D eigenvalue weighted by Crippen LogP contribution is -2.32. The number of aromatic nitrogens is 1. The summed E-state index contributed by atoms with van der Waals surface area (Å²) in [5.41, 5.74) is 0.202. The Morgan fingerprint density at radius 3 is 2.52 bits per heavy atom. The second kappa shape index (κ2) is 6.83. The summed E-state index contributed by atoms with van der Waals surface area (Å²) in [6, 6.07) is 2.97. The predicted octanol–water partition coefficient (Wildman–Crippen LogP) is 1.88. The maximum absolute atomic E-state index is 11.5. The molecule has 21 heavy (non-hydrogen) atoms. The molecule has 0 bridgehead atoms. The summed E-state index contributed by atoms with van der Waals surface area (Å²) < 4.78 is 5.09. The number of amides is 2. The molecule has 0 spiro atoms. The van der Waals surface area contributed by atoms with Gasteiger partial charge in [-0.1, -0.05) is 0 Å². The van der Waals surface area contributed by atoms with Gasteiger partial charge in [0.15, 0.2) is 0 Å². The largest absolute Gasteiger partial charge is 0.444 e. The lowest BCUT2D eigenvalue weighted by molar-refractivity contribution is -0.114. The van der Waals surface area contributed by atoms with E-state index in [2.05, 4.69) is 15.6 Å². The van der Waals surface area contributed by atoms with Crippen molar-refractivity contribution in [3.63, 3.8) is 0 Å². The van der Waals surface area contributed by atoms with Crippen molar-refractivity contribution < 1.29 is 19.1 Å². The smallest absolute Gasteiger partial charge is 0.407 e. The third-order valence-electron chi connectivity index (χ3n) is 2.15. The Morgan fingerprint density at radius 1 is 1.33 bits per heavy atom. The number of carbonyl (C=O) groups is 3. The fourth-order valence-corrected chi connectivity index (χ4v) is 1.49. The Labute approximate surface area is 123 Å². The van der Waals surface area contributed by atoms with Crippen LogP contribution in [0.3, 0.4) is 0 Å². The molecule has 1 heterocycles. The highest BCUT2D eigenvalue weighted by Gasteiger charge is 2.16. The van der Waals surface area contributed by atoms with Crippen LogP contribution in [-0.2, 0) is 16.1 Å². The van der Waals surface area contributed by atoms with Crippen molar-refractivity contribution >= 4 is 24.1 Å². The van der Waals surface area contributed by atoms with Gasteiger partial charge in [0.1, 0.15) is 17.7 Å².